The molecule has 0 radical (unpaired) electrons. The van der Waals surface area contributed by atoms with E-state index in [-0.39, 0.29) is 12.1 Å². The first kappa shape index (κ1) is 11.3. The second-order valence-electron chi connectivity index (χ2n) is 5.38. The van der Waals surface area contributed by atoms with Crippen LogP contribution in [0.15, 0.2) is 0 Å². The smallest absolute Gasteiger partial charge is 0.320 e. The van der Waals surface area contributed by atoms with Crippen LogP contribution in [0.4, 0.5) is 4.79 Å². The van der Waals surface area contributed by atoms with Gasteiger partial charge in [-0.15, -0.1) is 0 Å². The Labute approximate surface area is 102 Å². The van der Waals surface area contributed by atoms with Gasteiger partial charge in [0.15, 0.2) is 0 Å². The number of piperazine rings is 1. The van der Waals surface area contributed by atoms with E-state index in [0.717, 1.165) is 45.6 Å². The van der Waals surface area contributed by atoms with Gasteiger partial charge in [-0.3, -0.25) is 0 Å². The number of carbonyl (C=O) groups is 1. The molecule has 2 amide bonds. The molecule has 17 heavy (non-hydrogen) atoms. The van der Waals surface area contributed by atoms with Gasteiger partial charge in [0.05, 0.1) is 18.2 Å². The molecule has 96 valence electrons. The topological polar surface area (TPSA) is 44.8 Å². The molecule has 3 rings (SSSR count). The van der Waals surface area contributed by atoms with Crippen molar-refractivity contribution in [3.63, 3.8) is 0 Å². The lowest BCUT2D eigenvalue weighted by Crippen LogP contribution is -2.49. The molecule has 0 saturated carbocycles. The summed E-state index contributed by atoms with van der Waals surface area (Å²) in [6, 6.07) is 0.578. The second-order valence-corrected chi connectivity index (χ2v) is 5.38. The van der Waals surface area contributed by atoms with Gasteiger partial charge in [-0.2, -0.15) is 0 Å². The van der Waals surface area contributed by atoms with Gasteiger partial charge in [0.2, 0.25) is 0 Å². The predicted octanol–water partition coefficient (Wildman–Crippen LogP) is 0.263. The van der Waals surface area contributed by atoms with E-state index in [9.17, 15) is 4.79 Å². The highest BCUT2D eigenvalue weighted by molar-refractivity contribution is 5.77. The maximum absolute atomic E-state index is 12.2. The van der Waals surface area contributed by atoms with Gasteiger partial charge in [-0.05, 0) is 19.8 Å². The van der Waals surface area contributed by atoms with Crippen molar-refractivity contribution in [3.8, 4) is 0 Å². The third kappa shape index (κ3) is 2.13. The molecule has 0 spiro atoms. The minimum absolute atomic E-state index is 0.208. The molecule has 0 aromatic carbocycles. The van der Waals surface area contributed by atoms with Gasteiger partial charge >= 0.3 is 6.03 Å². The third-order valence-corrected chi connectivity index (χ3v) is 4.04. The average molecular weight is 239 g/mol. The zero-order chi connectivity index (χ0) is 11.8. The Kier molecular flexibility index (Phi) is 2.96. The molecule has 0 bridgehead atoms. The first-order chi connectivity index (χ1) is 8.24. The fourth-order valence-electron chi connectivity index (χ4n) is 3.11. The molecule has 5 heteroatoms. The molecule has 0 aliphatic carbocycles. The molecule has 3 aliphatic heterocycles. The third-order valence-electron chi connectivity index (χ3n) is 4.04. The van der Waals surface area contributed by atoms with Gasteiger partial charge in [-0.1, -0.05) is 0 Å². The van der Waals surface area contributed by atoms with E-state index >= 15 is 0 Å². The average Bonchev–Trinajstić information content (AvgIpc) is 2.86. The fraction of sp³-hybridized carbons (Fsp3) is 0.917. The van der Waals surface area contributed by atoms with Gasteiger partial charge < -0.3 is 19.9 Å². The monoisotopic (exact) mass is 239 g/mol. The summed E-state index contributed by atoms with van der Waals surface area (Å²) in [6.07, 6.45) is 2.83. The number of hydrogen-bond donors (Lipinski definition) is 1. The minimum atomic E-state index is 0.208. The molecule has 3 saturated heterocycles. The number of hydrogen-bond acceptors (Lipinski definition) is 3. The van der Waals surface area contributed by atoms with Gasteiger partial charge in [0, 0.05) is 32.7 Å². The Balaban J connectivity index is 1.59. The van der Waals surface area contributed by atoms with E-state index in [1.807, 2.05) is 9.80 Å². The molecule has 3 heterocycles. The Hall–Kier alpha value is -0.810. The summed E-state index contributed by atoms with van der Waals surface area (Å²) in [5.74, 6) is 0. The Morgan fingerprint density at radius 1 is 1.47 bits per heavy atom. The SMILES string of the molecule is CC1CCC(CN2CC3CNCCN3C2=O)O1. The van der Waals surface area contributed by atoms with Gasteiger partial charge in [0.1, 0.15) is 0 Å². The highest BCUT2D eigenvalue weighted by Gasteiger charge is 2.39. The molecule has 3 aliphatic rings. The van der Waals surface area contributed by atoms with Gasteiger partial charge in [0.25, 0.3) is 0 Å². The van der Waals surface area contributed by atoms with Crippen LogP contribution in [0.1, 0.15) is 19.8 Å². The molecule has 1 N–H and O–H groups in total. The quantitative estimate of drug-likeness (QED) is 0.752. The maximum Gasteiger partial charge on any atom is 0.320 e. The van der Waals surface area contributed by atoms with Crippen LogP contribution in [0, 0.1) is 0 Å². The Morgan fingerprint density at radius 3 is 3.06 bits per heavy atom. The van der Waals surface area contributed by atoms with E-state index in [0.29, 0.717) is 12.1 Å². The highest BCUT2D eigenvalue weighted by atomic mass is 16.5. The summed E-state index contributed by atoms with van der Waals surface area (Å²) in [7, 11) is 0. The zero-order valence-electron chi connectivity index (χ0n) is 10.4. The summed E-state index contributed by atoms with van der Waals surface area (Å²) in [5.41, 5.74) is 0. The van der Waals surface area contributed by atoms with Crippen LogP contribution >= 0.6 is 0 Å². The maximum atomic E-state index is 12.2. The van der Waals surface area contributed by atoms with Crippen LogP contribution in [0.5, 0.6) is 0 Å². The van der Waals surface area contributed by atoms with E-state index in [1.165, 1.54) is 0 Å². The standard InChI is InChI=1S/C12H21N3O2/c1-9-2-3-11(17-9)8-14-7-10-6-13-4-5-15(10)12(14)16/h9-11,13H,2-8H2,1H3. The van der Waals surface area contributed by atoms with Crippen LogP contribution in [0.3, 0.4) is 0 Å². The predicted molar refractivity (Wildman–Crippen MR) is 63.9 cm³/mol. The number of ether oxygens (including phenoxy) is 1. The lowest BCUT2D eigenvalue weighted by atomic mass is 10.2. The van der Waals surface area contributed by atoms with Gasteiger partial charge in [-0.25, -0.2) is 4.79 Å². The molecular weight excluding hydrogens is 218 g/mol. The second kappa shape index (κ2) is 4.46. The Bertz CT molecular complexity index is 310. The molecule has 0 aromatic rings. The normalized spacial score (nSPS) is 37.7. The number of fused-ring (bicyclic) bond motifs is 1. The molecule has 5 nitrogen and oxygen atoms in total. The largest absolute Gasteiger partial charge is 0.373 e. The van der Waals surface area contributed by atoms with Crippen molar-refractivity contribution < 1.29 is 9.53 Å². The minimum Gasteiger partial charge on any atom is -0.373 e. The van der Waals surface area contributed by atoms with Crippen molar-refractivity contribution in [2.75, 3.05) is 32.7 Å². The van der Waals surface area contributed by atoms with E-state index < -0.39 is 0 Å². The lowest BCUT2D eigenvalue weighted by Gasteiger charge is -2.28. The summed E-state index contributed by atoms with van der Waals surface area (Å²) in [6.45, 7) is 6.45. The summed E-state index contributed by atoms with van der Waals surface area (Å²) in [5, 5.41) is 3.35. The van der Waals surface area contributed by atoms with Crippen LogP contribution in [-0.4, -0.2) is 66.8 Å². The van der Waals surface area contributed by atoms with Crippen molar-refractivity contribution in [1.82, 2.24) is 15.1 Å². The summed E-state index contributed by atoms with van der Waals surface area (Å²) < 4.78 is 5.80. The fourth-order valence-corrected chi connectivity index (χ4v) is 3.11. The van der Waals surface area contributed by atoms with Crippen molar-refractivity contribution in [2.45, 2.75) is 38.0 Å². The van der Waals surface area contributed by atoms with Crippen molar-refractivity contribution in [2.24, 2.45) is 0 Å². The molecule has 3 unspecified atom stereocenters. The van der Waals surface area contributed by atoms with E-state index in [1.54, 1.807) is 0 Å². The van der Waals surface area contributed by atoms with Crippen molar-refractivity contribution >= 4 is 6.03 Å². The lowest BCUT2D eigenvalue weighted by molar-refractivity contribution is 0.0406. The zero-order valence-corrected chi connectivity index (χ0v) is 10.4. The van der Waals surface area contributed by atoms with Crippen LogP contribution in [0.2, 0.25) is 0 Å². The first-order valence-corrected chi connectivity index (χ1v) is 6.66. The number of urea groups is 1. The molecule has 0 aromatic heterocycles. The molecular formula is C12H21N3O2. The van der Waals surface area contributed by atoms with Crippen LogP contribution in [-0.2, 0) is 4.74 Å². The van der Waals surface area contributed by atoms with E-state index in [2.05, 4.69) is 12.2 Å². The van der Waals surface area contributed by atoms with Crippen LogP contribution in [0.25, 0.3) is 0 Å². The number of nitrogens with one attached hydrogen (secondary N) is 1. The van der Waals surface area contributed by atoms with E-state index in [4.69, 9.17) is 4.74 Å². The number of nitrogens with zero attached hydrogens (tertiary/aromatic N) is 2. The highest BCUT2D eigenvalue weighted by Crippen LogP contribution is 2.23. The van der Waals surface area contributed by atoms with Crippen LogP contribution < -0.4 is 5.32 Å². The summed E-state index contributed by atoms with van der Waals surface area (Å²) in [4.78, 5) is 16.2. The molecule has 3 atom stereocenters. The number of rotatable bonds is 2. The summed E-state index contributed by atoms with van der Waals surface area (Å²) >= 11 is 0. The number of carbonyl (C=O) groups excluding carboxylic acids is 1. The number of amides is 2. The first-order valence-electron chi connectivity index (χ1n) is 6.66. The van der Waals surface area contributed by atoms with Crippen molar-refractivity contribution in [1.29, 1.82) is 0 Å². The Morgan fingerprint density at radius 2 is 2.35 bits per heavy atom. The van der Waals surface area contributed by atoms with Crippen molar-refractivity contribution in [3.05, 3.63) is 0 Å². The molecule has 3 fully saturated rings.